The van der Waals surface area contributed by atoms with Gasteiger partial charge in [0.05, 0.1) is 7.11 Å². The second-order valence-corrected chi connectivity index (χ2v) is 5.89. The van der Waals surface area contributed by atoms with Crippen LogP contribution in [0.4, 0.5) is 0 Å². The first-order valence-corrected chi connectivity index (χ1v) is 7.57. The molecule has 0 amide bonds. The van der Waals surface area contributed by atoms with Gasteiger partial charge >= 0.3 is 5.97 Å². The Morgan fingerprint density at radius 1 is 1.48 bits per heavy atom. The van der Waals surface area contributed by atoms with Crippen molar-refractivity contribution in [2.45, 2.75) is 19.3 Å². The van der Waals surface area contributed by atoms with Gasteiger partial charge in [0.15, 0.2) is 17.4 Å². The van der Waals surface area contributed by atoms with Gasteiger partial charge in [-0.2, -0.15) is 0 Å². The number of thiophene rings is 1. The molecule has 0 aromatic carbocycles. The summed E-state index contributed by atoms with van der Waals surface area (Å²) in [5.74, 6) is -0.817. The summed E-state index contributed by atoms with van der Waals surface area (Å²) in [6.45, 7) is 0. The molecular weight excluding hydrogens is 290 g/mol. The van der Waals surface area contributed by atoms with Gasteiger partial charge in [0, 0.05) is 16.9 Å². The largest absolute Gasteiger partial charge is 0.468 e. The molecule has 0 bridgehead atoms. The number of Topliss-reactive ketones (excluding diaryl/α,β-unsaturated/α-hetero) is 1. The first kappa shape index (κ1) is 13.9. The van der Waals surface area contributed by atoms with Gasteiger partial charge < -0.3 is 15.2 Å². The second-order valence-electron chi connectivity index (χ2n) is 4.94. The Morgan fingerprint density at radius 3 is 2.95 bits per heavy atom. The van der Waals surface area contributed by atoms with Crippen LogP contribution in [0.3, 0.4) is 0 Å². The standard InChI is InChI=1S/C15H15NO4S/c1-19-15(18)11-8-4-2-5-9(17)13(8)20-14(16)12(11)10-6-3-7-21-10/h3,6-7,11H,2,4-5,16H2,1H3. The summed E-state index contributed by atoms with van der Waals surface area (Å²) in [5.41, 5.74) is 7.28. The fourth-order valence-corrected chi connectivity index (χ4v) is 3.60. The van der Waals surface area contributed by atoms with Crippen molar-refractivity contribution in [1.82, 2.24) is 0 Å². The zero-order valence-electron chi connectivity index (χ0n) is 11.5. The number of carbonyl (C=O) groups is 2. The number of ether oxygens (including phenoxy) is 2. The second kappa shape index (κ2) is 5.37. The Kier molecular flexibility index (Phi) is 3.55. The molecule has 3 rings (SSSR count). The van der Waals surface area contributed by atoms with E-state index in [1.165, 1.54) is 18.4 Å². The summed E-state index contributed by atoms with van der Waals surface area (Å²) in [6, 6.07) is 3.76. The highest BCUT2D eigenvalue weighted by Gasteiger charge is 2.41. The smallest absolute Gasteiger partial charge is 0.317 e. The van der Waals surface area contributed by atoms with Crippen LogP contribution in [0, 0.1) is 5.92 Å². The average molecular weight is 305 g/mol. The van der Waals surface area contributed by atoms with Gasteiger partial charge in [0.1, 0.15) is 5.92 Å². The number of hydrogen-bond acceptors (Lipinski definition) is 6. The van der Waals surface area contributed by atoms with Crippen LogP contribution in [0.15, 0.2) is 34.7 Å². The molecule has 1 aromatic heterocycles. The highest BCUT2D eigenvalue weighted by Crippen LogP contribution is 2.43. The van der Waals surface area contributed by atoms with Gasteiger partial charge in [-0.3, -0.25) is 9.59 Å². The molecule has 2 aliphatic rings. The number of carbonyl (C=O) groups excluding carboxylic acids is 2. The lowest BCUT2D eigenvalue weighted by atomic mass is 9.81. The molecule has 110 valence electrons. The summed E-state index contributed by atoms with van der Waals surface area (Å²) in [4.78, 5) is 25.1. The SMILES string of the molecule is COC(=O)C1C2=C(OC(N)=C1c1cccs1)C(=O)CCC2. The number of allylic oxidation sites excluding steroid dienone is 1. The monoisotopic (exact) mass is 305 g/mol. The molecule has 5 nitrogen and oxygen atoms in total. The van der Waals surface area contributed by atoms with E-state index in [0.717, 1.165) is 4.88 Å². The number of methoxy groups -OCH3 is 1. The van der Waals surface area contributed by atoms with Crippen molar-refractivity contribution >= 4 is 28.7 Å². The van der Waals surface area contributed by atoms with Crippen molar-refractivity contribution in [3.63, 3.8) is 0 Å². The molecule has 6 heteroatoms. The first-order valence-electron chi connectivity index (χ1n) is 6.69. The predicted molar refractivity (Wildman–Crippen MR) is 77.9 cm³/mol. The van der Waals surface area contributed by atoms with Crippen LogP contribution in [0.1, 0.15) is 24.1 Å². The molecule has 0 saturated carbocycles. The zero-order chi connectivity index (χ0) is 15.0. The first-order chi connectivity index (χ1) is 10.1. The molecule has 1 aliphatic carbocycles. The van der Waals surface area contributed by atoms with Gasteiger partial charge in [0.25, 0.3) is 0 Å². The Hall–Kier alpha value is -2.08. The molecule has 0 spiro atoms. The van der Waals surface area contributed by atoms with Gasteiger partial charge in [-0.15, -0.1) is 11.3 Å². The van der Waals surface area contributed by atoms with Crippen molar-refractivity contribution in [2.75, 3.05) is 7.11 Å². The molecule has 0 saturated heterocycles. The summed E-state index contributed by atoms with van der Waals surface area (Å²) >= 11 is 1.47. The van der Waals surface area contributed by atoms with E-state index in [-0.39, 0.29) is 17.4 Å². The Morgan fingerprint density at radius 2 is 2.29 bits per heavy atom. The van der Waals surface area contributed by atoms with Crippen LogP contribution < -0.4 is 5.73 Å². The molecule has 1 aromatic rings. The van der Waals surface area contributed by atoms with Crippen LogP contribution in [-0.2, 0) is 19.1 Å². The number of ketones is 1. The van der Waals surface area contributed by atoms with Crippen molar-refractivity contribution in [1.29, 1.82) is 0 Å². The van der Waals surface area contributed by atoms with Crippen molar-refractivity contribution in [3.8, 4) is 0 Å². The van der Waals surface area contributed by atoms with Gasteiger partial charge in [0.2, 0.25) is 0 Å². The van der Waals surface area contributed by atoms with Crippen LogP contribution in [0.5, 0.6) is 0 Å². The van der Waals surface area contributed by atoms with E-state index in [1.807, 2.05) is 17.5 Å². The molecule has 21 heavy (non-hydrogen) atoms. The van der Waals surface area contributed by atoms with Crippen LogP contribution in [-0.4, -0.2) is 18.9 Å². The van der Waals surface area contributed by atoms with E-state index in [1.54, 1.807) is 0 Å². The highest BCUT2D eigenvalue weighted by molar-refractivity contribution is 7.11. The molecule has 0 radical (unpaired) electrons. The Bertz CT molecular complexity index is 657. The fourth-order valence-electron chi connectivity index (χ4n) is 2.80. The topological polar surface area (TPSA) is 78.6 Å². The number of rotatable bonds is 2. The average Bonchev–Trinajstić information content (AvgIpc) is 3.00. The number of nitrogens with two attached hydrogens (primary N) is 1. The lowest BCUT2D eigenvalue weighted by molar-refractivity contribution is -0.142. The van der Waals surface area contributed by atoms with E-state index in [2.05, 4.69) is 0 Å². The van der Waals surface area contributed by atoms with Gasteiger partial charge in [-0.25, -0.2) is 0 Å². The fraction of sp³-hybridized carbons (Fsp3) is 0.333. The summed E-state index contributed by atoms with van der Waals surface area (Å²) in [5, 5.41) is 1.90. The maximum absolute atomic E-state index is 12.3. The predicted octanol–water partition coefficient (Wildman–Crippen LogP) is 2.20. The molecule has 2 N–H and O–H groups in total. The normalized spacial score (nSPS) is 22.0. The van der Waals surface area contributed by atoms with Crippen LogP contribution >= 0.6 is 11.3 Å². The molecule has 1 aliphatic heterocycles. The molecule has 1 atom stereocenters. The number of hydrogen-bond donors (Lipinski definition) is 1. The van der Waals surface area contributed by atoms with E-state index < -0.39 is 11.9 Å². The molecule has 2 heterocycles. The summed E-state index contributed by atoms with van der Waals surface area (Å²) < 4.78 is 10.5. The third-order valence-corrected chi connectivity index (χ3v) is 4.64. The quantitative estimate of drug-likeness (QED) is 0.847. The van der Waals surface area contributed by atoms with Crippen LogP contribution in [0.2, 0.25) is 0 Å². The van der Waals surface area contributed by atoms with Crippen molar-refractivity contribution < 1.29 is 19.1 Å². The van der Waals surface area contributed by atoms with E-state index in [4.69, 9.17) is 15.2 Å². The summed E-state index contributed by atoms with van der Waals surface area (Å²) in [6.07, 6.45) is 1.78. The minimum Gasteiger partial charge on any atom is -0.468 e. The van der Waals surface area contributed by atoms with Gasteiger partial charge in [-0.05, 0) is 29.9 Å². The van der Waals surface area contributed by atoms with Gasteiger partial charge in [-0.1, -0.05) is 6.07 Å². The maximum Gasteiger partial charge on any atom is 0.317 e. The van der Waals surface area contributed by atoms with E-state index >= 15 is 0 Å². The lowest BCUT2D eigenvalue weighted by Gasteiger charge is -2.31. The third kappa shape index (κ3) is 2.25. The minimum atomic E-state index is -0.651. The summed E-state index contributed by atoms with van der Waals surface area (Å²) in [7, 11) is 1.34. The lowest BCUT2D eigenvalue weighted by Crippen LogP contribution is -2.32. The highest BCUT2D eigenvalue weighted by atomic mass is 32.1. The van der Waals surface area contributed by atoms with Crippen molar-refractivity contribution in [2.24, 2.45) is 11.7 Å². The van der Waals surface area contributed by atoms with Crippen LogP contribution in [0.25, 0.3) is 5.57 Å². The van der Waals surface area contributed by atoms with Crippen molar-refractivity contribution in [3.05, 3.63) is 39.6 Å². The molecule has 0 fully saturated rings. The molecule has 1 unspecified atom stereocenters. The maximum atomic E-state index is 12.3. The molecular formula is C15H15NO4S. The third-order valence-electron chi connectivity index (χ3n) is 3.73. The van der Waals surface area contributed by atoms with E-state index in [9.17, 15) is 9.59 Å². The number of esters is 1. The zero-order valence-corrected chi connectivity index (χ0v) is 12.4. The Balaban J connectivity index is 2.14. The van der Waals surface area contributed by atoms with E-state index in [0.29, 0.717) is 30.4 Å². The minimum absolute atomic E-state index is 0.0988. The Labute approximate surface area is 126 Å².